The van der Waals surface area contributed by atoms with Crippen molar-refractivity contribution in [1.29, 1.82) is 0 Å². The molecule has 1 fully saturated rings. The van der Waals surface area contributed by atoms with Crippen molar-refractivity contribution < 1.29 is 4.74 Å². The molecule has 0 bridgehead atoms. The van der Waals surface area contributed by atoms with Gasteiger partial charge in [-0.2, -0.15) is 0 Å². The van der Waals surface area contributed by atoms with Gasteiger partial charge in [-0.25, -0.2) is 0 Å². The van der Waals surface area contributed by atoms with Crippen LogP contribution in [0.15, 0.2) is 18.2 Å². The van der Waals surface area contributed by atoms with Crippen molar-refractivity contribution >= 4 is 11.6 Å². The van der Waals surface area contributed by atoms with Crippen molar-refractivity contribution in [3.63, 3.8) is 0 Å². The summed E-state index contributed by atoms with van der Waals surface area (Å²) >= 11 is 6.02. The van der Waals surface area contributed by atoms with Gasteiger partial charge in [0.25, 0.3) is 0 Å². The molecule has 1 atom stereocenters. The van der Waals surface area contributed by atoms with Crippen LogP contribution in [-0.4, -0.2) is 31.6 Å². The summed E-state index contributed by atoms with van der Waals surface area (Å²) in [5.41, 5.74) is 6.76. The van der Waals surface area contributed by atoms with Crippen LogP contribution in [0, 0.1) is 0 Å². The summed E-state index contributed by atoms with van der Waals surface area (Å²) in [6.45, 7) is 2.73. The van der Waals surface area contributed by atoms with Gasteiger partial charge in [-0.05, 0) is 24.6 Å². The van der Waals surface area contributed by atoms with Crippen molar-refractivity contribution in [3.8, 4) is 5.75 Å². The number of rotatable bonds is 4. The molecule has 3 nitrogen and oxygen atoms in total. The van der Waals surface area contributed by atoms with E-state index in [9.17, 15) is 0 Å². The molecule has 0 saturated carbocycles. The summed E-state index contributed by atoms with van der Waals surface area (Å²) in [7, 11) is 1.69. The molecule has 2 N–H and O–H groups in total. The second kappa shape index (κ2) is 5.04. The van der Waals surface area contributed by atoms with E-state index >= 15 is 0 Å². The van der Waals surface area contributed by atoms with Gasteiger partial charge in [0.2, 0.25) is 0 Å². The van der Waals surface area contributed by atoms with Gasteiger partial charge in [0.1, 0.15) is 5.75 Å². The van der Waals surface area contributed by atoms with Crippen molar-refractivity contribution in [3.05, 3.63) is 28.8 Å². The number of hydrogen-bond donors (Lipinski definition) is 1. The summed E-state index contributed by atoms with van der Waals surface area (Å²) in [5, 5.41) is 0.760. The normalized spacial score (nSPS) is 20.6. The molecule has 0 spiro atoms. The molecule has 1 aromatic carbocycles. The number of nitrogens with zero attached hydrogens (tertiary/aromatic N) is 1. The third kappa shape index (κ3) is 2.17. The fraction of sp³-hybridized carbons (Fsp3) is 0.500. The molecular formula is C12H17ClN2O. The van der Waals surface area contributed by atoms with Crippen LogP contribution in [0.25, 0.3) is 0 Å². The number of nitrogens with two attached hydrogens (primary N) is 1. The van der Waals surface area contributed by atoms with Crippen LogP contribution in [-0.2, 0) is 0 Å². The maximum atomic E-state index is 6.02. The summed E-state index contributed by atoms with van der Waals surface area (Å²) in [5.74, 6) is 0.913. The lowest BCUT2D eigenvalue weighted by Crippen LogP contribution is -2.43. The highest BCUT2D eigenvalue weighted by Crippen LogP contribution is 2.38. The van der Waals surface area contributed by atoms with Crippen molar-refractivity contribution in [2.45, 2.75) is 12.5 Å². The third-order valence-corrected chi connectivity index (χ3v) is 3.33. The van der Waals surface area contributed by atoms with Gasteiger partial charge in [-0.3, -0.25) is 4.90 Å². The number of benzene rings is 1. The van der Waals surface area contributed by atoms with Crippen LogP contribution in [0.5, 0.6) is 5.75 Å². The lowest BCUT2D eigenvalue weighted by atomic mass is 9.94. The first-order chi connectivity index (χ1) is 7.76. The Labute approximate surface area is 101 Å². The highest BCUT2D eigenvalue weighted by atomic mass is 35.5. The van der Waals surface area contributed by atoms with Gasteiger partial charge in [0, 0.05) is 36.3 Å². The molecule has 1 unspecified atom stereocenters. The van der Waals surface area contributed by atoms with E-state index in [-0.39, 0.29) is 0 Å². The predicted molar refractivity (Wildman–Crippen MR) is 66.0 cm³/mol. The number of likely N-dealkylation sites (tertiary alicyclic amines) is 1. The van der Waals surface area contributed by atoms with Crippen LogP contribution in [0.1, 0.15) is 18.0 Å². The molecule has 88 valence electrons. The van der Waals surface area contributed by atoms with E-state index < -0.39 is 0 Å². The van der Waals surface area contributed by atoms with Gasteiger partial charge in [0.15, 0.2) is 0 Å². The topological polar surface area (TPSA) is 38.5 Å². The number of methoxy groups -OCH3 is 1. The summed E-state index contributed by atoms with van der Waals surface area (Å²) < 4.78 is 5.37. The zero-order chi connectivity index (χ0) is 11.5. The first-order valence-corrected chi connectivity index (χ1v) is 5.91. The van der Waals surface area contributed by atoms with Crippen LogP contribution in [0.4, 0.5) is 0 Å². The molecule has 1 saturated heterocycles. The molecule has 16 heavy (non-hydrogen) atoms. The van der Waals surface area contributed by atoms with Crippen LogP contribution >= 0.6 is 11.6 Å². The zero-order valence-electron chi connectivity index (χ0n) is 9.45. The van der Waals surface area contributed by atoms with Crippen LogP contribution in [0.3, 0.4) is 0 Å². The second-order valence-corrected chi connectivity index (χ2v) is 4.45. The van der Waals surface area contributed by atoms with Crippen molar-refractivity contribution in [1.82, 2.24) is 4.90 Å². The van der Waals surface area contributed by atoms with Gasteiger partial charge in [-0.15, -0.1) is 0 Å². The number of hydrogen-bond acceptors (Lipinski definition) is 3. The Morgan fingerprint density at radius 3 is 2.94 bits per heavy atom. The van der Waals surface area contributed by atoms with E-state index in [1.807, 2.05) is 18.2 Å². The summed E-state index contributed by atoms with van der Waals surface area (Å²) in [6, 6.07) is 6.19. The SMILES string of the molecule is COc1ccc(Cl)cc1C1CCN1CCN. The molecule has 2 rings (SSSR count). The molecular weight excluding hydrogens is 224 g/mol. The Morgan fingerprint density at radius 1 is 1.56 bits per heavy atom. The molecule has 4 heteroatoms. The molecule has 1 aliphatic heterocycles. The van der Waals surface area contributed by atoms with Crippen molar-refractivity contribution in [2.24, 2.45) is 5.73 Å². The average molecular weight is 241 g/mol. The quantitative estimate of drug-likeness (QED) is 0.876. The van der Waals surface area contributed by atoms with E-state index in [1.165, 1.54) is 5.56 Å². The van der Waals surface area contributed by atoms with Crippen LogP contribution in [0.2, 0.25) is 5.02 Å². The summed E-state index contributed by atoms with van der Waals surface area (Å²) in [4.78, 5) is 2.36. The smallest absolute Gasteiger partial charge is 0.123 e. The lowest BCUT2D eigenvalue weighted by Gasteiger charge is -2.41. The minimum Gasteiger partial charge on any atom is -0.496 e. The fourth-order valence-corrected chi connectivity index (χ4v) is 2.37. The molecule has 1 aliphatic rings. The zero-order valence-corrected chi connectivity index (χ0v) is 10.2. The first kappa shape index (κ1) is 11.7. The van der Waals surface area contributed by atoms with Gasteiger partial charge >= 0.3 is 0 Å². The molecule has 1 aromatic rings. The summed E-state index contributed by atoms with van der Waals surface area (Å²) in [6.07, 6.45) is 1.15. The standard InChI is InChI=1S/C12H17ClN2O/c1-16-12-3-2-9(13)8-10(12)11-4-6-15(11)7-5-14/h2-3,8,11H,4-7,14H2,1H3. The Bertz CT molecular complexity index is 370. The Morgan fingerprint density at radius 2 is 2.38 bits per heavy atom. The maximum Gasteiger partial charge on any atom is 0.123 e. The Kier molecular flexibility index (Phi) is 3.69. The number of halogens is 1. The third-order valence-electron chi connectivity index (χ3n) is 3.10. The maximum absolute atomic E-state index is 6.02. The van der Waals surface area contributed by atoms with E-state index in [1.54, 1.807) is 7.11 Å². The van der Waals surface area contributed by atoms with E-state index in [2.05, 4.69) is 4.90 Å². The molecule has 0 aromatic heterocycles. The molecule has 1 heterocycles. The van der Waals surface area contributed by atoms with Gasteiger partial charge < -0.3 is 10.5 Å². The Hall–Kier alpha value is -0.770. The van der Waals surface area contributed by atoms with Gasteiger partial charge in [-0.1, -0.05) is 11.6 Å². The second-order valence-electron chi connectivity index (χ2n) is 4.02. The minimum atomic E-state index is 0.414. The van der Waals surface area contributed by atoms with Gasteiger partial charge in [0.05, 0.1) is 7.11 Å². The van der Waals surface area contributed by atoms with E-state index in [0.29, 0.717) is 12.6 Å². The highest BCUT2D eigenvalue weighted by molar-refractivity contribution is 6.30. The minimum absolute atomic E-state index is 0.414. The first-order valence-electron chi connectivity index (χ1n) is 5.54. The molecule has 0 radical (unpaired) electrons. The van der Waals surface area contributed by atoms with Crippen molar-refractivity contribution in [2.75, 3.05) is 26.7 Å². The Balaban J connectivity index is 2.22. The van der Waals surface area contributed by atoms with Crippen LogP contribution < -0.4 is 10.5 Å². The van der Waals surface area contributed by atoms with E-state index in [4.69, 9.17) is 22.1 Å². The highest BCUT2D eigenvalue weighted by Gasteiger charge is 2.30. The monoisotopic (exact) mass is 240 g/mol. The fourth-order valence-electron chi connectivity index (χ4n) is 2.19. The number of ether oxygens (including phenoxy) is 1. The van der Waals surface area contributed by atoms with E-state index in [0.717, 1.165) is 30.3 Å². The predicted octanol–water partition coefficient (Wildman–Crippen LogP) is 2.05. The largest absolute Gasteiger partial charge is 0.496 e. The average Bonchev–Trinajstić information content (AvgIpc) is 2.25. The molecule has 0 amide bonds. The molecule has 0 aliphatic carbocycles. The lowest BCUT2D eigenvalue weighted by molar-refractivity contribution is 0.0929.